The number of aromatic nitrogens is 2. The summed E-state index contributed by atoms with van der Waals surface area (Å²) in [4.78, 5) is 12.2. The van der Waals surface area contributed by atoms with E-state index in [4.69, 9.17) is 4.74 Å². The monoisotopic (exact) mass is 276 g/mol. The van der Waals surface area contributed by atoms with Crippen LogP contribution in [-0.4, -0.2) is 22.7 Å². The molecule has 1 heterocycles. The van der Waals surface area contributed by atoms with E-state index in [0.717, 1.165) is 0 Å². The Morgan fingerprint density at radius 1 is 1.40 bits per heavy atom. The van der Waals surface area contributed by atoms with E-state index in [-0.39, 0.29) is 29.6 Å². The summed E-state index contributed by atoms with van der Waals surface area (Å²) in [6.07, 6.45) is 1.86. The third kappa shape index (κ3) is 2.87. The molecule has 2 rings (SSSR count). The number of methoxy groups -OCH3 is 1. The van der Waals surface area contributed by atoms with Crippen molar-refractivity contribution in [2.24, 2.45) is 0 Å². The van der Waals surface area contributed by atoms with Crippen molar-refractivity contribution in [1.82, 2.24) is 9.78 Å². The predicted molar refractivity (Wildman–Crippen MR) is 73.6 cm³/mol. The number of carbonyl (C=O) groups excluding carboxylic acids is 1. The quantitative estimate of drug-likeness (QED) is 0.788. The summed E-state index contributed by atoms with van der Waals surface area (Å²) in [5.41, 5.74) is 0.600. The fourth-order valence-corrected chi connectivity index (χ4v) is 1.96. The zero-order valence-electron chi connectivity index (χ0n) is 11.8. The van der Waals surface area contributed by atoms with Gasteiger partial charge in [-0.3, -0.25) is 9.48 Å². The Bertz CT molecular complexity index is 620. The van der Waals surface area contributed by atoms with Gasteiger partial charge in [0, 0.05) is 12.2 Å². The summed E-state index contributed by atoms with van der Waals surface area (Å²) < 4.78 is 20.6. The Morgan fingerprint density at radius 2 is 2.15 bits per heavy atom. The van der Waals surface area contributed by atoms with Gasteiger partial charge in [-0.25, -0.2) is 4.39 Å². The molecule has 1 aromatic carbocycles. The van der Waals surface area contributed by atoms with Gasteiger partial charge in [0.2, 0.25) is 0 Å². The van der Waals surface area contributed by atoms with Gasteiger partial charge in [0.1, 0.15) is 11.6 Å². The average Bonchev–Trinajstić information content (AvgIpc) is 2.86. The highest BCUT2D eigenvalue weighted by Gasteiger charge is 2.18. The van der Waals surface area contributed by atoms with Gasteiger partial charge in [-0.05, 0) is 32.0 Å². The third-order valence-corrected chi connectivity index (χ3v) is 3.01. The molecule has 0 unspecified atom stereocenters. The molecule has 2 aromatic rings. The second-order valence-electron chi connectivity index (χ2n) is 4.80. The van der Waals surface area contributed by atoms with Crippen LogP contribution in [0.25, 0.3) is 0 Å². The molecule has 0 saturated heterocycles. The highest BCUT2D eigenvalue weighted by Crippen LogP contribution is 2.22. The van der Waals surface area contributed by atoms with Gasteiger partial charge in [0.15, 0.2) is 5.78 Å². The van der Waals surface area contributed by atoms with Gasteiger partial charge in [-0.2, -0.15) is 5.10 Å². The normalized spacial score (nSPS) is 10.8. The zero-order chi connectivity index (χ0) is 14.7. The summed E-state index contributed by atoms with van der Waals surface area (Å²) >= 11 is 0. The lowest BCUT2D eigenvalue weighted by Crippen LogP contribution is -2.10. The number of hydrogen-bond acceptors (Lipinski definition) is 3. The number of nitrogens with zero attached hydrogens (tertiary/aromatic N) is 2. The Balaban J connectivity index is 2.23. The number of benzene rings is 1. The van der Waals surface area contributed by atoms with Crippen LogP contribution in [0.1, 0.15) is 35.9 Å². The number of ketones is 1. The van der Waals surface area contributed by atoms with E-state index in [1.54, 1.807) is 16.8 Å². The lowest BCUT2D eigenvalue weighted by Gasteiger charge is -2.08. The average molecular weight is 276 g/mol. The first-order valence-electron chi connectivity index (χ1n) is 6.42. The molecule has 106 valence electrons. The Labute approximate surface area is 117 Å². The van der Waals surface area contributed by atoms with Crippen molar-refractivity contribution < 1.29 is 13.9 Å². The maximum atomic E-state index is 13.8. The van der Waals surface area contributed by atoms with E-state index >= 15 is 0 Å². The number of Topliss-reactive ketones (excluding diaryl/α,β-unsaturated/α-hetero) is 1. The van der Waals surface area contributed by atoms with E-state index in [1.165, 1.54) is 19.2 Å². The number of rotatable bonds is 5. The van der Waals surface area contributed by atoms with Crippen molar-refractivity contribution in [2.75, 3.05) is 7.11 Å². The van der Waals surface area contributed by atoms with Crippen LogP contribution in [0.2, 0.25) is 0 Å². The van der Waals surface area contributed by atoms with Crippen molar-refractivity contribution in [2.45, 2.75) is 26.3 Å². The summed E-state index contributed by atoms with van der Waals surface area (Å²) in [7, 11) is 1.42. The van der Waals surface area contributed by atoms with Gasteiger partial charge < -0.3 is 4.74 Å². The van der Waals surface area contributed by atoms with Gasteiger partial charge in [-0.15, -0.1) is 0 Å². The van der Waals surface area contributed by atoms with E-state index in [1.807, 2.05) is 20.0 Å². The van der Waals surface area contributed by atoms with Crippen LogP contribution in [0, 0.1) is 5.82 Å². The highest BCUT2D eigenvalue weighted by molar-refractivity contribution is 6.00. The lowest BCUT2D eigenvalue weighted by atomic mass is 10.0. The Kier molecular flexibility index (Phi) is 4.17. The summed E-state index contributed by atoms with van der Waals surface area (Å²) in [6, 6.07) is 6.33. The predicted octanol–water partition coefficient (Wildman–Crippen LogP) is 3.04. The molecule has 0 radical (unpaired) electrons. The van der Waals surface area contributed by atoms with E-state index in [9.17, 15) is 9.18 Å². The molecule has 0 aliphatic carbocycles. The molecule has 0 bridgehead atoms. The second kappa shape index (κ2) is 5.86. The van der Waals surface area contributed by atoms with Gasteiger partial charge in [0.05, 0.1) is 24.8 Å². The molecule has 0 aliphatic heterocycles. The number of ether oxygens (including phenoxy) is 1. The van der Waals surface area contributed by atoms with Crippen LogP contribution in [0.3, 0.4) is 0 Å². The minimum Gasteiger partial charge on any atom is -0.496 e. The molecule has 4 nitrogen and oxygen atoms in total. The SMILES string of the molecule is COc1cccc(F)c1C(=O)Cc1ccn(C(C)C)n1. The number of carbonyl (C=O) groups is 1. The van der Waals surface area contributed by atoms with Crippen LogP contribution in [0.15, 0.2) is 30.5 Å². The first-order chi connectivity index (χ1) is 9.52. The molecule has 0 amide bonds. The Hall–Kier alpha value is -2.17. The van der Waals surface area contributed by atoms with Crippen LogP contribution in [0.5, 0.6) is 5.75 Å². The molecule has 0 fully saturated rings. The molecule has 0 spiro atoms. The van der Waals surface area contributed by atoms with Crippen LogP contribution < -0.4 is 4.74 Å². The minimum absolute atomic E-state index is 0.0194. The minimum atomic E-state index is -0.572. The van der Waals surface area contributed by atoms with Crippen molar-refractivity contribution in [3.05, 3.63) is 47.5 Å². The first-order valence-corrected chi connectivity index (χ1v) is 6.42. The van der Waals surface area contributed by atoms with Gasteiger partial charge in [0.25, 0.3) is 0 Å². The van der Waals surface area contributed by atoms with Gasteiger partial charge in [-0.1, -0.05) is 6.07 Å². The smallest absolute Gasteiger partial charge is 0.175 e. The summed E-state index contributed by atoms with van der Waals surface area (Å²) in [6.45, 7) is 4.00. The van der Waals surface area contributed by atoms with E-state index < -0.39 is 5.82 Å². The maximum Gasteiger partial charge on any atom is 0.175 e. The van der Waals surface area contributed by atoms with Crippen molar-refractivity contribution in [1.29, 1.82) is 0 Å². The molecule has 5 heteroatoms. The van der Waals surface area contributed by atoms with Crippen LogP contribution in [0.4, 0.5) is 4.39 Å². The van der Waals surface area contributed by atoms with Crippen molar-refractivity contribution >= 4 is 5.78 Å². The molecule has 0 saturated carbocycles. The molecule has 0 aliphatic rings. The van der Waals surface area contributed by atoms with Crippen LogP contribution >= 0.6 is 0 Å². The summed E-state index contributed by atoms with van der Waals surface area (Å²) in [5.74, 6) is -0.662. The first kappa shape index (κ1) is 14.2. The molecule has 20 heavy (non-hydrogen) atoms. The molecule has 0 atom stereocenters. The standard InChI is InChI=1S/C15H17FN2O2/c1-10(2)18-8-7-11(17-18)9-13(19)15-12(16)5-4-6-14(15)20-3/h4-8,10H,9H2,1-3H3. The molecular formula is C15H17FN2O2. The molecular weight excluding hydrogens is 259 g/mol. The van der Waals surface area contributed by atoms with Gasteiger partial charge >= 0.3 is 0 Å². The number of hydrogen-bond donors (Lipinski definition) is 0. The molecule has 0 N–H and O–H groups in total. The largest absolute Gasteiger partial charge is 0.496 e. The van der Waals surface area contributed by atoms with Crippen LogP contribution in [-0.2, 0) is 6.42 Å². The van der Waals surface area contributed by atoms with Crippen molar-refractivity contribution in [3.8, 4) is 5.75 Å². The highest BCUT2D eigenvalue weighted by atomic mass is 19.1. The number of halogens is 1. The van der Waals surface area contributed by atoms with Crippen molar-refractivity contribution in [3.63, 3.8) is 0 Å². The molecule has 1 aromatic heterocycles. The fourth-order valence-electron chi connectivity index (χ4n) is 1.96. The van der Waals surface area contributed by atoms with E-state index in [0.29, 0.717) is 5.69 Å². The fraction of sp³-hybridized carbons (Fsp3) is 0.333. The summed E-state index contributed by atoms with van der Waals surface area (Å²) in [5, 5.41) is 4.29. The zero-order valence-corrected chi connectivity index (χ0v) is 11.8. The lowest BCUT2D eigenvalue weighted by molar-refractivity contribution is 0.0984. The second-order valence-corrected chi connectivity index (χ2v) is 4.80. The Morgan fingerprint density at radius 3 is 2.75 bits per heavy atom. The van der Waals surface area contributed by atoms with E-state index in [2.05, 4.69) is 5.10 Å². The topological polar surface area (TPSA) is 44.1 Å². The third-order valence-electron chi connectivity index (χ3n) is 3.01. The maximum absolute atomic E-state index is 13.8.